The van der Waals surface area contributed by atoms with Gasteiger partial charge in [-0.2, -0.15) is 0 Å². The van der Waals surface area contributed by atoms with E-state index in [-0.39, 0.29) is 18.1 Å². The first-order valence-electron chi connectivity index (χ1n) is 7.16. The van der Waals surface area contributed by atoms with Crippen LogP contribution in [0.3, 0.4) is 0 Å². The number of amides is 1. The second kappa shape index (κ2) is 5.96. The van der Waals surface area contributed by atoms with E-state index in [0.29, 0.717) is 29.4 Å². The van der Waals surface area contributed by atoms with Crippen molar-refractivity contribution in [3.8, 4) is 5.75 Å². The minimum Gasteiger partial charge on any atom is -0.490 e. The molecule has 0 atom stereocenters. The zero-order valence-electron chi connectivity index (χ0n) is 12.4. The molecule has 0 spiro atoms. The third-order valence-electron chi connectivity index (χ3n) is 3.50. The second-order valence-electron chi connectivity index (χ2n) is 5.55. The van der Waals surface area contributed by atoms with E-state index in [2.05, 4.69) is 10.3 Å². The summed E-state index contributed by atoms with van der Waals surface area (Å²) in [6.45, 7) is 5.06. The Morgan fingerprint density at radius 3 is 2.82 bits per heavy atom. The van der Waals surface area contributed by atoms with E-state index in [1.165, 1.54) is 0 Å². The largest absolute Gasteiger partial charge is 0.490 e. The van der Waals surface area contributed by atoms with Crippen molar-refractivity contribution in [2.45, 2.75) is 26.0 Å². The Kier molecular flexibility index (Phi) is 4.02. The van der Waals surface area contributed by atoms with Gasteiger partial charge in [-0.1, -0.05) is 16.8 Å². The van der Waals surface area contributed by atoms with Crippen LogP contribution in [-0.4, -0.2) is 45.0 Å². The number of hydrogen-bond acceptors (Lipinski definition) is 4. The zero-order chi connectivity index (χ0) is 15.7. The maximum absolute atomic E-state index is 12.6. The minimum atomic E-state index is -0.0745. The van der Waals surface area contributed by atoms with E-state index in [0.717, 1.165) is 0 Å². The third kappa shape index (κ3) is 2.92. The van der Waals surface area contributed by atoms with Gasteiger partial charge in [0.1, 0.15) is 5.75 Å². The molecule has 0 bridgehead atoms. The van der Waals surface area contributed by atoms with Gasteiger partial charge in [-0.15, -0.1) is 5.10 Å². The Morgan fingerprint density at radius 1 is 1.41 bits per heavy atom. The summed E-state index contributed by atoms with van der Waals surface area (Å²) in [5.74, 6) is 0.489. The predicted molar refractivity (Wildman–Crippen MR) is 82.2 cm³/mol. The molecule has 0 radical (unpaired) electrons. The molecule has 3 rings (SSSR count). The molecule has 1 aromatic heterocycles. The second-order valence-corrected chi connectivity index (χ2v) is 5.99. The van der Waals surface area contributed by atoms with Crippen LogP contribution in [0, 0.1) is 0 Å². The lowest BCUT2D eigenvalue weighted by Gasteiger charge is -2.39. The van der Waals surface area contributed by atoms with Crippen LogP contribution in [0.4, 0.5) is 0 Å². The summed E-state index contributed by atoms with van der Waals surface area (Å²) < 4.78 is 7.48. The van der Waals surface area contributed by atoms with Crippen LogP contribution in [0.5, 0.6) is 5.75 Å². The van der Waals surface area contributed by atoms with Gasteiger partial charge in [0.2, 0.25) is 0 Å². The summed E-state index contributed by atoms with van der Waals surface area (Å²) >= 11 is 6.02. The van der Waals surface area contributed by atoms with Crippen molar-refractivity contribution >= 4 is 17.5 Å². The molecule has 1 fully saturated rings. The van der Waals surface area contributed by atoms with Crippen LogP contribution in [0.2, 0.25) is 5.02 Å². The highest BCUT2D eigenvalue weighted by molar-refractivity contribution is 6.31. The smallest absolute Gasteiger partial charge is 0.257 e. The van der Waals surface area contributed by atoms with Crippen LogP contribution >= 0.6 is 11.6 Å². The third-order valence-corrected chi connectivity index (χ3v) is 3.73. The topological polar surface area (TPSA) is 60.2 Å². The highest BCUT2D eigenvalue weighted by Gasteiger charge is 2.34. The fourth-order valence-corrected chi connectivity index (χ4v) is 2.57. The number of carbonyl (C=O) groups is 1. The lowest BCUT2D eigenvalue weighted by atomic mass is 10.1. The Labute approximate surface area is 133 Å². The molecule has 0 aliphatic carbocycles. The first kappa shape index (κ1) is 14.8. The molecule has 1 saturated heterocycles. The monoisotopic (exact) mass is 320 g/mol. The summed E-state index contributed by atoms with van der Waals surface area (Å²) in [7, 11) is 0. The van der Waals surface area contributed by atoms with E-state index in [9.17, 15) is 4.79 Å². The van der Waals surface area contributed by atoms with Gasteiger partial charge in [0, 0.05) is 24.3 Å². The van der Waals surface area contributed by atoms with Crippen molar-refractivity contribution in [1.82, 2.24) is 19.9 Å². The Hall–Kier alpha value is -2.08. The molecule has 22 heavy (non-hydrogen) atoms. The molecule has 6 nitrogen and oxygen atoms in total. The number of carbonyl (C=O) groups excluding carboxylic acids is 1. The van der Waals surface area contributed by atoms with Gasteiger partial charge in [0.05, 0.1) is 23.9 Å². The standard InChI is InChI=1S/C15H17ClN4O2/c1-10(2)22-14-4-3-11(16)7-13(14)15(21)19-8-12(9-19)20-6-5-17-18-20/h3-7,10,12H,8-9H2,1-2H3. The van der Waals surface area contributed by atoms with Crippen molar-refractivity contribution in [3.05, 3.63) is 41.2 Å². The molecule has 0 unspecified atom stereocenters. The first-order chi connectivity index (χ1) is 10.5. The summed E-state index contributed by atoms with van der Waals surface area (Å²) in [6, 6.07) is 5.30. The van der Waals surface area contributed by atoms with E-state index in [1.807, 2.05) is 13.8 Å². The lowest BCUT2D eigenvalue weighted by Crippen LogP contribution is -2.51. The molecule has 1 aromatic carbocycles. The van der Waals surface area contributed by atoms with Gasteiger partial charge >= 0.3 is 0 Å². The van der Waals surface area contributed by atoms with Crippen molar-refractivity contribution < 1.29 is 9.53 Å². The van der Waals surface area contributed by atoms with Gasteiger partial charge in [0.25, 0.3) is 5.91 Å². The van der Waals surface area contributed by atoms with Crippen LogP contribution in [0.15, 0.2) is 30.6 Å². The number of nitrogens with zero attached hydrogens (tertiary/aromatic N) is 4. The van der Waals surface area contributed by atoms with Crippen LogP contribution in [-0.2, 0) is 0 Å². The highest BCUT2D eigenvalue weighted by atomic mass is 35.5. The normalized spacial score (nSPS) is 15.0. The Balaban J connectivity index is 1.74. The quantitative estimate of drug-likeness (QED) is 0.868. The highest BCUT2D eigenvalue weighted by Crippen LogP contribution is 2.29. The molecular weight excluding hydrogens is 304 g/mol. The molecular formula is C15H17ClN4O2. The number of hydrogen-bond donors (Lipinski definition) is 0. The summed E-state index contributed by atoms with van der Waals surface area (Å²) in [4.78, 5) is 14.4. The molecule has 2 aromatic rings. The van der Waals surface area contributed by atoms with Crippen LogP contribution < -0.4 is 4.74 Å². The molecule has 1 aliphatic rings. The summed E-state index contributed by atoms with van der Waals surface area (Å²) in [5, 5.41) is 8.26. The molecule has 116 valence electrons. The minimum absolute atomic E-state index is 0.00740. The molecule has 7 heteroatoms. The van der Waals surface area contributed by atoms with Gasteiger partial charge in [-0.25, -0.2) is 4.68 Å². The van der Waals surface area contributed by atoms with Crippen LogP contribution in [0.1, 0.15) is 30.2 Å². The fourth-order valence-electron chi connectivity index (χ4n) is 2.40. The number of likely N-dealkylation sites (tertiary alicyclic amines) is 1. The van der Waals surface area contributed by atoms with Crippen molar-refractivity contribution in [1.29, 1.82) is 0 Å². The Morgan fingerprint density at radius 2 is 2.18 bits per heavy atom. The summed E-state index contributed by atoms with van der Waals surface area (Å²) in [6.07, 6.45) is 3.43. The van der Waals surface area contributed by atoms with E-state index in [4.69, 9.17) is 16.3 Å². The number of ether oxygens (including phenoxy) is 1. The maximum atomic E-state index is 12.6. The Bertz CT molecular complexity index is 666. The number of aromatic nitrogens is 3. The zero-order valence-corrected chi connectivity index (χ0v) is 13.2. The van der Waals surface area contributed by atoms with E-state index in [1.54, 1.807) is 40.2 Å². The average molecular weight is 321 g/mol. The first-order valence-corrected chi connectivity index (χ1v) is 7.53. The van der Waals surface area contributed by atoms with Gasteiger partial charge in [-0.3, -0.25) is 4.79 Å². The number of halogens is 1. The predicted octanol–water partition coefficient (Wildman–Crippen LogP) is 2.42. The molecule has 2 heterocycles. The molecule has 0 N–H and O–H groups in total. The number of benzene rings is 1. The SMILES string of the molecule is CC(C)Oc1ccc(Cl)cc1C(=O)N1CC(n2ccnn2)C1. The molecule has 0 saturated carbocycles. The van der Waals surface area contributed by atoms with Gasteiger partial charge in [0.15, 0.2) is 0 Å². The van der Waals surface area contributed by atoms with E-state index >= 15 is 0 Å². The van der Waals surface area contributed by atoms with Gasteiger partial charge in [-0.05, 0) is 32.0 Å². The van der Waals surface area contributed by atoms with Crippen LogP contribution in [0.25, 0.3) is 0 Å². The van der Waals surface area contributed by atoms with Crippen molar-refractivity contribution in [2.75, 3.05) is 13.1 Å². The van der Waals surface area contributed by atoms with Crippen molar-refractivity contribution in [2.24, 2.45) is 0 Å². The average Bonchev–Trinajstić information content (AvgIpc) is 2.92. The van der Waals surface area contributed by atoms with E-state index < -0.39 is 0 Å². The van der Waals surface area contributed by atoms with Gasteiger partial charge < -0.3 is 9.64 Å². The fraction of sp³-hybridized carbons (Fsp3) is 0.400. The number of rotatable bonds is 4. The molecule has 1 amide bonds. The summed E-state index contributed by atoms with van der Waals surface area (Å²) in [5.41, 5.74) is 0.498. The van der Waals surface area contributed by atoms with Crippen molar-refractivity contribution in [3.63, 3.8) is 0 Å². The lowest BCUT2D eigenvalue weighted by molar-refractivity contribution is 0.0493. The maximum Gasteiger partial charge on any atom is 0.257 e. The molecule has 1 aliphatic heterocycles.